The predicted molar refractivity (Wildman–Crippen MR) is 277 cm³/mol. The summed E-state index contributed by atoms with van der Waals surface area (Å²) in [5.74, 6) is 0. The molecule has 6 heteroatoms. The summed E-state index contributed by atoms with van der Waals surface area (Å²) in [6.45, 7) is 1.75. The SMILES string of the molecule is Cc1cc(C(F)(F)F)ccc1-c1c(-n2c3cc(-c4ccccc4)ccc3c3ccc(-c4ccccc4)cc32)cc(C#N)cc1-n1c2cc(-c3ccccc3)ccc2c2ccc(-c3ccccc3)cc21. The Kier molecular flexibility index (Phi) is 9.89. The van der Waals surface area contributed by atoms with Crippen LogP contribution in [0.25, 0.3) is 111 Å². The third-order valence-corrected chi connectivity index (χ3v) is 13.5. The first-order valence-electron chi connectivity index (χ1n) is 22.9. The van der Waals surface area contributed by atoms with Crippen LogP contribution in [0.15, 0.2) is 224 Å². The van der Waals surface area contributed by atoms with Crippen LogP contribution in [0.4, 0.5) is 13.2 Å². The Labute approximate surface area is 396 Å². The van der Waals surface area contributed by atoms with E-state index in [1.54, 1.807) is 13.0 Å². The van der Waals surface area contributed by atoms with Gasteiger partial charge in [0.2, 0.25) is 0 Å². The number of fused-ring (bicyclic) bond motifs is 6. The first-order chi connectivity index (χ1) is 33.7. The summed E-state index contributed by atoms with van der Waals surface area (Å²) in [6.07, 6.45) is -4.55. The molecule has 3 nitrogen and oxygen atoms in total. The molecule has 2 aromatic heterocycles. The quantitative estimate of drug-likeness (QED) is 0.157. The summed E-state index contributed by atoms with van der Waals surface area (Å²) >= 11 is 0. The zero-order valence-corrected chi connectivity index (χ0v) is 37.3. The molecule has 12 rings (SSSR count). The lowest BCUT2D eigenvalue weighted by atomic mass is 9.93. The van der Waals surface area contributed by atoms with E-state index < -0.39 is 11.7 Å². The number of hydrogen-bond donors (Lipinski definition) is 0. The Bertz CT molecular complexity index is 3580. The maximum atomic E-state index is 14.6. The minimum atomic E-state index is -4.55. The van der Waals surface area contributed by atoms with E-state index in [0.29, 0.717) is 33.6 Å². The highest BCUT2D eigenvalue weighted by Crippen LogP contribution is 2.46. The molecule has 10 aromatic carbocycles. The standard InChI is InChI=1S/C63H40F3N3/c1-40-32-50(63(64,65)66)26-31-51(40)62-60(68-56-35-46(42-14-6-2-7-15-42)22-27-52(56)53-28-23-47(36-57(53)68)43-16-8-3-9-17-43)33-41(39-67)34-61(62)69-58-37-48(44-18-10-4-11-19-44)24-29-54(58)55-30-25-49(38-59(55)69)45-20-12-5-13-21-45/h2-38H,1H3. The fraction of sp³-hybridized carbons (Fsp3) is 0.0317. The van der Waals surface area contributed by atoms with Crippen LogP contribution >= 0.6 is 0 Å². The van der Waals surface area contributed by atoms with Crippen molar-refractivity contribution in [3.63, 3.8) is 0 Å². The van der Waals surface area contributed by atoms with Crippen molar-refractivity contribution >= 4 is 43.6 Å². The molecule has 0 fully saturated rings. The second-order valence-electron chi connectivity index (χ2n) is 17.6. The largest absolute Gasteiger partial charge is 0.416 e. The molecular formula is C63H40F3N3. The molecule has 0 unspecified atom stereocenters. The van der Waals surface area contributed by atoms with Gasteiger partial charge in [-0.2, -0.15) is 18.4 Å². The summed E-state index contributed by atoms with van der Waals surface area (Å²) in [5, 5.41) is 15.2. The molecule has 12 aromatic rings. The van der Waals surface area contributed by atoms with Crippen LogP contribution < -0.4 is 0 Å². The third kappa shape index (κ3) is 7.15. The van der Waals surface area contributed by atoms with Gasteiger partial charge in [-0.25, -0.2) is 0 Å². The summed E-state index contributed by atoms with van der Waals surface area (Å²) in [5.41, 5.74) is 14.5. The van der Waals surface area contributed by atoms with E-state index in [4.69, 9.17) is 0 Å². The van der Waals surface area contributed by atoms with Crippen LogP contribution in [0.5, 0.6) is 0 Å². The van der Waals surface area contributed by atoms with E-state index in [9.17, 15) is 18.4 Å². The van der Waals surface area contributed by atoms with Gasteiger partial charge in [0.15, 0.2) is 0 Å². The van der Waals surface area contributed by atoms with E-state index in [1.807, 2.05) is 84.9 Å². The van der Waals surface area contributed by atoms with Crippen LogP contribution in [-0.4, -0.2) is 9.13 Å². The highest BCUT2D eigenvalue weighted by atomic mass is 19.4. The highest BCUT2D eigenvalue weighted by Gasteiger charge is 2.32. The number of aromatic nitrogens is 2. The predicted octanol–water partition coefficient (Wildman–Crippen LogP) is 17.4. The lowest BCUT2D eigenvalue weighted by Crippen LogP contribution is -2.08. The number of nitrogens with zero attached hydrogens (tertiary/aromatic N) is 3. The molecule has 0 amide bonds. The number of aryl methyl sites for hydroxylation is 1. The maximum absolute atomic E-state index is 14.6. The zero-order valence-electron chi connectivity index (χ0n) is 37.3. The molecule has 69 heavy (non-hydrogen) atoms. The Morgan fingerprint density at radius 1 is 0.377 bits per heavy atom. The average Bonchev–Trinajstić information content (AvgIpc) is 3.90. The van der Waals surface area contributed by atoms with Crippen molar-refractivity contribution in [2.75, 3.05) is 0 Å². The smallest absolute Gasteiger partial charge is 0.308 e. The Morgan fingerprint density at radius 2 is 0.710 bits per heavy atom. The second kappa shape index (κ2) is 16.4. The van der Waals surface area contributed by atoms with Crippen molar-refractivity contribution in [2.24, 2.45) is 0 Å². The normalized spacial score (nSPS) is 11.8. The van der Waals surface area contributed by atoms with Gasteiger partial charge in [0.05, 0.1) is 50.6 Å². The molecule has 0 radical (unpaired) electrons. The van der Waals surface area contributed by atoms with Crippen molar-refractivity contribution in [1.82, 2.24) is 9.13 Å². The number of benzene rings is 10. The number of alkyl halides is 3. The van der Waals surface area contributed by atoms with Gasteiger partial charge >= 0.3 is 6.18 Å². The van der Waals surface area contributed by atoms with Crippen molar-refractivity contribution in [3.8, 4) is 73.1 Å². The van der Waals surface area contributed by atoms with Gasteiger partial charge in [0.25, 0.3) is 0 Å². The van der Waals surface area contributed by atoms with Crippen molar-refractivity contribution in [2.45, 2.75) is 13.1 Å². The van der Waals surface area contributed by atoms with Crippen LogP contribution in [-0.2, 0) is 6.18 Å². The van der Waals surface area contributed by atoms with E-state index in [-0.39, 0.29) is 0 Å². The summed E-state index contributed by atoms with van der Waals surface area (Å²) < 4.78 is 48.2. The third-order valence-electron chi connectivity index (χ3n) is 13.5. The summed E-state index contributed by atoms with van der Waals surface area (Å²) in [7, 11) is 0. The Balaban J connectivity index is 1.27. The number of rotatable bonds is 7. The summed E-state index contributed by atoms with van der Waals surface area (Å²) in [6, 6.07) is 77.1. The maximum Gasteiger partial charge on any atom is 0.416 e. The lowest BCUT2D eigenvalue weighted by molar-refractivity contribution is -0.137. The number of hydrogen-bond acceptors (Lipinski definition) is 1. The van der Waals surface area contributed by atoms with Crippen molar-refractivity contribution in [3.05, 3.63) is 241 Å². The second-order valence-corrected chi connectivity index (χ2v) is 17.6. The van der Waals surface area contributed by atoms with E-state index in [2.05, 4.69) is 137 Å². The van der Waals surface area contributed by atoms with Gasteiger partial charge in [-0.1, -0.05) is 176 Å². The molecule has 0 atom stereocenters. The van der Waals surface area contributed by atoms with Crippen molar-refractivity contribution < 1.29 is 13.2 Å². The minimum absolute atomic E-state index is 0.398. The van der Waals surface area contributed by atoms with Gasteiger partial charge in [0.1, 0.15) is 0 Å². The molecule has 0 N–H and O–H groups in total. The summed E-state index contributed by atoms with van der Waals surface area (Å²) in [4.78, 5) is 0. The van der Waals surface area contributed by atoms with Crippen LogP contribution in [0, 0.1) is 18.3 Å². The van der Waals surface area contributed by atoms with Crippen LogP contribution in [0.2, 0.25) is 0 Å². The van der Waals surface area contributed by atoms with E-state index in [1.165, 1.54) is 12.1 Å². The molecular weight excluding hydrogens is 856 g/mol. The minimum Gasteiger partial charge on any atom is -0.308 e. The monoisotopic (exact) mass is 895 g/mol. The highest BCUT2D eigenvalue weighted by molar-refractivity contribution is 6.14. The topological polar surface area (TPSA) is 33.6 Å². The molecule has 0 aliphatic heterocycles. The Hall–Kier alpha value is -8.92. The molecule has 0 saturated carbocycles. The number of nitriles is 1. The molecule has 0 saturated heterocycles. The molecule has 0 aliphatic carbocycles. The van der Waals surface area contributed by atoms with Crippen molar-refractivity contribution in [1.29, 1.82) is 5.26 Å². The van der Waals surface area contributed by atoms with Crippen LogP contribution in [0.1, 0.15) is 16.7 Å². The van der Waals surface area contributed by atoms with Crippen LogP contribution in [0.3, 0.4) is 0 Å². The van der Waals surface area contributed by atoms with Gasteiger partial charge in [-0.15, -0.1) is 0 Å². The molecule has 328 valence electrons. The van der Waals surface area contributed by atoms with Gasteiger partial charge < -0.3 is 9.13 Å². The molecule has 0 aliphatic rings. The van der Waals surface area contributed by atoms with E-state index in [0.717, 1.165) is 88.1 Å². The number of halogens is 3. The first kappa shape index (κ1) is 41.5. The van der Waals surface area contributed by atoms with E-state index >= 15 is 0 Å². The van der Waals surface area contributed by atoms with Gasteiger partial charge in [0, 0.05) is 27.1 Å². The molecule has 0 bridgehead atoms. The Morgan fingerprint density at radius 3 is 1.00 bits per heavy atom. The first-order valence-corrected chi connectivity index (χ1v) is 22.9. The molecule has 0 spiro atoms. The van der Waals surface area contributed by atoms with Gasteiger partial charge in [-0.05, 0) is 111 Å². The fourth-order valence-electron chi connectivity index (χ4n) is 10.2. The van der Waals surface area contributed by atoms with Gasteiger partial charge in [-0.3, -0.25) is 0 Å². The lowest BCUT2D eigenvalue weighted by Gasteiger charge is -2.23. The fourth-order valence-corrected chi connectivity index (χ4v) is 10.2. The molecule has 2 heterocycles. The zero-order chi connectivity index (χ0) is 46.8. The average molecular weight is 896 g/mol.